The molecule has 4 nitrogen and oxygen atoms in total. The van der Waals surface area contributed by atoms with E-state index in [2.05, 4.69) is 40.5 Å². The molecule has 25 heavy (non-hydrogen) atoms. The lowest BCUT2D eigenvalue weighted by molar-refractivity contribution is -0.127. The zero-order valence-electron chi connectivity index (χ0n) is 15.4. The number of rotatable bonds is 5. The predicted molar refractivity (Wildman–Crippen MR) is 100 cm³/mol. The van der Waals surface area contributed by atoms with Crippen molar-refractivity contribution in [1.29, 1.82) is 0 Å². The lowest BCUT2D eigenvalue weighted by Gasteiger charge is -2.36. The van der Waals surface area contributed by atoms with E-state index >= 15 is 0 Å². The Balaban J connectivity index is 1.41. The minimum atomic E-state index is -0.172. The Morgan fingerprint density at radius 2 is 1.76 bits per heavy atom. The number of carbonyl (C=O) groups excluding carboxylic acids is 1. The molecule has 1 aliphatic carbocycles. The van der Waals surface area contributed by atoms with E-state index in [0.29, 0.717) is 0 Å². The van der Waals surface area contributed by atoms with Crippen molar-refractivity contribution >= 4 is 5.91 Å². The lowest BCUT2D eigenvalue weighted by atomic mass is 9.89. The van der Waals surface area contributed by atoms with Gasteiger partial charge in [0.25, 0.3) is 0 Å². The SMILES string of the molecule is CC(C(=O)NC1CCC(O)CC1)N1CCC(Cc2ccccc2)CC1. The molecule has 0 radical (unpaired) electrons. The maximum Gasteiger partial charge on any atom is 0.237 e. The van der Waals surface area contributed by atoms with Gasteiger partial charge in [-0.15, -0.1) is 0 Å². The van der Waals surface area contributed by atoms with Crippen LogP contribution in [0.1, 0.15) is 51.0 Å². The Kier molecular flexibility index (Phi) is 6.49. The van der Waals surface area contributed by atoms with Crippen LogP contribution in [0.15, 0.2) is 30.3 Å². The molecular formula is C21H32N2O2. The maximum absolute atomic E-state index is 12.5. The van der Waals surface area contributed by atoms with Gasteiger partial charge >= 0.3 is 0 Å². The molecule has 2 aliphatic rings. The Morgan fingerprint density at radius 3 is 2.40 bits per heavy atom. The summed E-state index contributed by atoms with van der Waals surface area (Å²) in [6.07, 6.45) is 6.74. The van der Waals surface area contributed by atoms with Crippen molar-refractivity contribution in [3.8, 4) is 0 Å². The Labute approximate surface area is 151 Å². The van der Waals surface area contributed by atoms with Crippen LogP contribution in [-0.4, -0.2) is 47.2 Å². The summed E-state index contributed by atoms with van der Waals surface area (Å²) in [5.74, 6) is 0.886. The van der Waals surface area contributed by atoms with Crippen LogP contribution in [-0.2, 0) is 11.2 Å². The average molecular weight is 344 g/mol. The summed E-state index contributed by atoms with van der Waals surface area (Å²) in [5, 5.41) is 12.8. The number of likely N-dealkylation sites (tertiary alicyclic amines) is 1. The minimum absolute atomic E-state index is 0.0514. The van der Waals surface area contributed by atoms with Crippen molar-refractivity contribution < 1.29 is 9.90 Å². The van der Waals surface area contributed by atoms with E-state index < -0.39 is 0 Å². The van der Waals surface area contributed by atoms with E-state index in [0.717, 1.165) is 51.1 Å². The molecule has 138 valence electrons. The molecular weight excluding hydrogens is 312 g/mol. The highest BCUT2D eigenvalue weighted by Crippen LogP contribution is 2.23. The summed E-state index contributed by atoms with van der Waals surface area (Å²) in [4.78, 5) is 14.9. The van der Waals surface area contributed by atoms with Crippen LogP contribution < -0.4 is 5.32 Å². The smallest absolute Gasteiger partial charge is 0.237 e. The summed E-state index contributed by atoms with van der Waals surface area (Å²) in [7, 11) is 0. The number of nitrogens with zero attached hydrogens (tertiary/aromatic N) is 1. The normalized spacial score (nSPS) is 27.0. The van der Waals surface area contributed by atoms with Gasteiger partial charge in [-0.2, -0.15) is 0 Å². The molecule has 1 atom stereocenters. The maximum atomic E-state index is 12.5. The first kappa shape index (κ1) is 18.4. The number of hydrogen-bond donors (Lipinski definition) is 2. The van der Waals surface area contributed by atoms with Gasteiger partial charge in [0.05, 0.1) is 12.1 Å². The van der Waals surface area contributed by atoms with Gasteiger partial charge in [0, 0.05) is 6.04 Å². The number of piperidine rings is 1. The van der Waals surface area contributed by atoms with Crippen molar-refractivity contribution in [2.24, 2.45) is 5.92 Å². The standard InChI is InChI=1S/C21H32N2O2/c1-16(21(25)22-19-7-9-20(24)10-8-19)23-13-11-18(12-14-23)15-17-5-3-2-4-6-17/h2-6,16,18-20,24H,7-15H2,1H3,(H,22,25). The molecule has 3 rings (SSSR count). The van der Waals surface area contributed by atoms with Gasteiger partial charge in [0.15, 0.2) is 0 Å². The summed E-state index contributed by atoms with van der Waals surface area (Å²) < 4.78 is 0. The largest absolute Gasteiger partial charge is 0.393 e. The third-order valence-corrected chi connectivity index (χ3v) is 5.99. The monoisotopic (exact) mass is 344 g/mol. The summed E-state index contributed by atoms with van der Waals surface area (Å²) in [6.45, 7) is 4.05. The molecule has 0 aromatic heterocycles. The molecule has 1 amide bonds. The van der Waals surface area contributed by atoms with Crippen molar-refractivity contribution in [1.82, 2.24) is 10.2 Å². The third-order valence-electron chi connectivity index (χ3n) is 5.99. The minimum Gasteiger partial charge on any atom is -0.393 e. The number of aliphatic hydroxyl groups is 1. The van der Waals surface area contributed by atoms with Gasteiger partial charge in [-0.05, 0) is 76.4 Å². The van der Waals surface area contributed by atoms with Gasteiger partial charge in [0.1, 0.15) is 0 Å². The van der Waals surface area contributed by atoms with E-state index in [9.17, 15) is 9.90 Å². The number of hydrogen-bond acceptors (Lipinski definition) is 3. The highest BCUT2D eigenvalue weighted by atomic mass is 16.3. The van der Waals surface area contributed by atoms with Crippen LogP contribution in [0, 0.1) is 5.92 Å². The van der Waals surface area contributed by atoms with Crippen molar-refractivity contribution in [2.75, 3.05) is 13.1 Å². The fourth-order valence-corrected chi connectivity index (χ4v) is 4.20. The molecule has 1 unspecified atom stereocenters. The van der Waals surface area contributed by atoms with Crippen molar-refractivity contribution in [3.05, 3.63) is 35.9 Å². The second-order valence-corrected chi connectivity index (χ2v) is 7.86. The van der Waals surface area contributed by atoms with E-state index in [1.807, 2.05) is 6.92 Å². The highest BCUT2D eigenvalue weighted by molar-refractivity contribution is 5.81. The van der Waals surface area contributed by atoms with E-state index in [1.54, 1.807) is 0 Å². The first-order chi connectivity index (χ1) is 12.1. The Morgan fingerprint density at radius 1 is 1.12 bits per heavy atom. The van der Waals surface area contributed by atoms with Crippen LogP contribution in [0.3, 0.4) is 0 Å². The molecule has 0 spiro atoms. The zero-order chi connectivity index (χ0) is 17.6. The van der Waals surface area contributed by atoms with Crippen molar-refractivity contribution in [2.45, 2.75) is 70.1 Å². The summed E-state index contributed by atoms with van der Waals surface area (Å²) >= 11 is 0. The van der Waals surface area contributed by atoms with Crippen LogP contribution in [0.4, 0.5) is 0 Å². The molecule has 2 fully saturated rings. The first-order valence-corrected chi connectivity index (χ1v) is 9.88. The van der Waals surface area contributed by atoms with E-state index in [1.165, 1.54) is 18.4 Å². The Hall–Kier alpha value is -1.39. The third kappa shape index (κ3) is 5.29. The average Bonchev–Trinajstić information content (AvgIpc) is 2.64. The Bertz CT molecular complexity index is 532. The summed E-state index contributed by atoms with van der Waals surface area (Å²) in [6, 6.07) is 10.9. The molecule has 4 heteroatoms. The molecule has 0 bridgehead atoms. The first-order valence-electron chi connectivity index (χ1n) is 9.88. The van der Waals surface area contributed by atoms with Crippen LogP contribution >= 0.6 is 0 Å². The molecule has 1 saturated heterocycles. The summed E-state index contributed by atoms with van der Waals surface area (Å²) in [5.41, 5.74) is 1.42. The van der Waals surface area contributed by atoms with Crippen LogP contribution in [0.2, 0.25) is 0 Å². The quantitative estimate of drug-likeness (QED) is 0.863. The fourth-order valence-electron chi connectivity index (χ4n) is 4.20. The number of carbonyl (C=O) groups is 1. The van der Waals surface area contributed by atoms with Gasteiger partial charge in [-0.1, -0.05) is 30.3 Å². The topological polar surface area (TPSA) is 52.6 Å². The van der Waals surface area contributed by atoms with Crippen LogP contribution in [0.25, 0.3) is 0 Å². The molecule has 1 saturated carbocycles. The molecule has 1 aromatic rings. The lowest BCUT2D eigenvalue weighted by Crippen LogP contribution is -2.51. The fraction of sp³-hybridized carbons (Fsp3) is 0.667. The van der Waals surface area contributed by atoms with Gasteiger partial charge in [-0.25, -0.2) is 0 Å². The van der Waals surface area contributed by atoms with Gasteiger partial charge in [-0.3, -0.25) is 9.69 Å². The number of benzene rings is 1. The molecule has 1 heterocycles. The molecule has 1 aromatic carbocycles. The number of amides is 1. The van der Waals surface area contributed by atoms with E-state index in [4.69, 9.17) is 0 Å². The molecule has 1 aliphatic heterocycles. The highest BCUT2D eigenvalue weighted by Gasteiger charge is 2.28. The van der Waals surface area contributed by atoms with E-state index in [-0.39, 0.29) is 24.1 Å². The molecule has 2 N–H and O–H groups in total. The van der Waals surface area contributed by atoms with Crippen molar-refractivity contribution in [3.63, 3.8) is 0 Å². The second kappa shape index (κ2) is 8.81. The number of nitrogens with one attached hydrogen (secondary N) is 1. The zero-order valence-corrected chi connectivity index (χ0v) is 15.4. The van der Waals surface area contributed by atoms with Crippen LogP contribution in [0.5, 0.6) is 0 Å². The number of aliphatic hydroxyl groups excluding tert-OH is 1. The second-order valence-electron chi connectivity index (χ2n) is 7.86. The van der Waals surface area contributed by atoms with Gasteiger partial charge in [0.2, 0.25) is 5.91 Å². The predicted octanol–water partition coefficient (Wildman–Crippen LogP) is 2.75. The van der Waals surface area contributed by atoms with Gasteiger partial charge < -0.3 is 10.4 Å².